The van der Waals surface area contributed by atoms with Crippen LogP contribution in [-0.4, -0.2) is 9.97 Å². The highest BCUT2D eigenvalue weighted by molar-refractivity contribution is 9.10. The summed E-state index contributed by atoms with van der Waals surface area (Å²) in [6.45, 7) is 0. The Balaban J connectivity index is 2.42. The number of anilines is 2. The molecule has 2 aromatic rings. The third-order valence-corrected chi connectivity index (χ3v) is 3.75. The molecule has 0 radical (unpaired) electrons. The first kappa shape index (κ1) is 12.4. The van der Waals surface area contributed by atoms with Crippen molar-refractivity contribution in [2.75, 3.05) is 5.32 Å². The van der Waals surface area contributed by atoms with E-state index in [1.807, 2.05) is 0 Å². The number of nitrogens with one attached hydrogen (secondary N) is 2. The van der Waals surface area contributed by atoms with Crippen molar-refractivity contribution in [2.24, 2.45) is 0 Å². The second-order valence-electron chi connectivity index (χ2n) is 3.12. The van der Waals surface area contributed by atoms with Crippen LogP contribution in [0.4, 0.5) is 11.5 Å². The molecule has 0 atom stereocenters. The van der Waals surface area contributed by atoms with Crippen molar-refractivity contribution in [3.8, 4) is 0 Å². The van der Waals surface area contributed by atoms with Crippen molar-refractivity contribution >= 4 is 50.6 Å². The lowest BCUT2D eigenvalue weighted by molar-refractivity contribution is 1.12. The Labute approximate surface area is 115 Å². The minimum absolute atomic E-state index is 0.000578. The molecular formula is C10H6BrCl2N3O. The van der Waals surface area contributed by atoms with E-state index < -0.39 is 5.56 Å². The topological polar surface area (TPSA) is 57.8 Å². The number of benzene rings is 1. The normalized spacial score (nSPS) is 10.3. The molecule has 0 bridgehead atoms. The van der Waals surface area contributed by atoms with Gasteiger partial charge in [-0.1, -0.05) is 29.3 Å². The summed E-state index contributed by atoms with van der Waals surface area (Å²) in [4.78, 5) is 17.6. The van der Waals surface area contributed by atoms with Gasteiger partial charge in [0.25, 0.3) is 5.56 Å². The summed E-state index contributed by atoms with van der Waals surface area (Å²) in [5.74, 6) is 0.276. The van der Waals surface area contributed by atoms with Gasteiger partial charge in [0.2, 0.25) is 0 Å². The molecular weight excluding hydrogens is 329 g/mol. The van der Waals surface area contributed by atoms with Gasteiger partial charge in [-0.05, 0) is 28.1 Å². The second kappa shape index (κ2) is 5.08. The van der Waals surface area contributed by atoms with Crippen molar-refractivity contribution in [3.05, 3.63) is 49.4 Å². The molecule has 17 heavy (non-hydrogen) atoms. The maximum Gasteiger partial charge on any atom is 0.271 e. The van der Waals surface area contributed by atoms with Crippen molar-refractivity contribution in [2.45, 2.75) is 0 Å². The van der Waals surface area contributed by atoms with Gasteiger partial charge in [-0.15, -0.1) is 0 Å². The predicted molar refractivity (Wildman–Crippen MR) is 72.3 cm³/mol. The van der Waals surface area contributed by atoms with Gasteiger partial charge in [-0.2, -0.15) is 0 Å². The van der Waals surface area contributed by atoms with Crippen LogP contribution >= 0.6 is 39.1 Å². The second-order valence-corrected chi connectivity index (χ2v) is 4.70. The van der Waals surface area contributed by atoms with Crippen molar-refractivity contribution in [3.63, 3.8) is 0 Å². The number of nitrogens with zero attached hydrogens (tertiary/aromatic N) is 1. The first-order valence-corrected chi connectivity index (χ1v) is 6.08. The van der Waals surface area contributed by atoms with Crippen LogP contribution in [-0.2, 0) is 0 Å². The minimum atomic E-state index is -0.401. The van der Waals surface area contributed by atoms with Gasteiger partial charge in [0.15, 0.2) is 5.82 Å². The number of aromatic amines is 1. The van der Waals surface area contributed by atoms with Crippen LogP contribution in [0.1, 0.15) is 0 Å². The maximum atomic E-state index is 11.3. The van der Waals surface area contributed by atoms with Gasteiger partial charge in [0.1, 0.15) is 5.02 Å². The Morgan fingerprint density at radius 3 is 2.88 bits per heavy atom. The molecule has 0 amide bonds. The minimum Gasteiger partial charge on any atom is -0.338 e. The highest BCUT2D eigenvalue weighted by Crippen LogP contribution is 2.32. The van der Waals surface area contributed by atoms with Crippen LogP contribution in [0.3, 0.4) is 0 Å². The fourth-order valence-electron chi connectivity index (χ4n) is 1.20. The zero-order valence-corrected chi connectivity index (χ0v) is 11.4. The molecule has 0 spiro atoms. The molecule has 0 fully saturated rings. The molecule has 0 aliphatic carbocycles. The van der Waals surface area contributed by atoms with Gasteiger partial charge in [0.05, 0.1) is 21.5 Å². The maximum absolute atomic E-state index is 11.3. The number of H-pyrrole nitrogens is 1. The highest BCUT2D eigenvalue weighted by atomic mass is 79.9. The van der Waals surface area contributed by atoms with Crippen molar-refractivity contribution in [1.29, 1.82) is 0 Å². The molecule has 1 aromatic carbocycles. The average Bonchev–Trinajstić information content (AvgIpc) is 2.31. The first-order valence-electron chi connectivity index (χ1n) is 4.54. The van der Waals surface area contributed by atoms with Gasteiger partial charge >= 0.3 is 0 Å². The zero-order chi connectivity index (χ0) is 12.4. The Morgan fingerprint density at radius 1 is 1.35 bits per heavy atom. The molecule has 0 saturated heterocycles. The molecule has 88 valence electrons. The van der Waals surface area contributed by atoms with Gasteiger partial charge < -0.3 is 10.3 Å². The number of aromatic nitrogens is 2. The van der Waals surface area contributed by atoms with E-state index in [1.165, 1.54) is 6.33 Å². The first-order chi connectivity index (χ1) is 8.09. The van der Waals surface area contributed by atoms with Crippen LogP contribution in [0, 0.1) is 0 Å². The summed E-state index contributed by atoms with van der Waals surface area (Å²) >= 11 is 15.1. The summed E-state index contributed by atoms with van der Waals surface area (Å²) in [7, 11) is 0. The molecule has 1 heterocycles. The fourth-order valence-corrected chi connectivity index (χ4v) is 1.89. The summed E-state index contributed by atoms with van der Waals surface area (Å²) < 4.78 is 0.680. The van der Waals surface area contributed by atoms with E-state index >= 15 is 0 Å². The standard InChI is InChI=1S/C10H6BrCl2N3O/c11-7-5(12)2-1-3-6(7)16-9-8(13)10(17)15-4-14-9/h1-4H,(H2,14,15,16,17). The number of hydrogen-bond donors (Lipinski definition) is 2. The molecule has 2 N–H and O–H groups in total. The molecule has 4 nitrogen and oxygen atoms in total. The number of hydrogen-bond acceptors (Lipinski definition) is 3. The van der Waals surface area contributed by atoms with Crippen LogP contribution < -0.4 is 10.9 Å². The van der Waals surface area contributed by atoms with E-state index in [0.717, 1.165) is 0 Å². The number of halogens is 3. The Hall–Kier alpha value is -1.04. The van der Waals surface area contributed by atoms with E-state index in [1.54, 1.807) is 18.2 Å². The van der Waals surface area contributed by atoms with E-state index in [4.69, 9.17) is 23.2 Å². The lowest BCUT2D eigenvalue weighted by Crippen LogP contribution is -2.09. The summed E-state index contributed by atoms with van der Waals surface area (Å²) in [6.07, 6.45) is 1.27. The quantitative estimate of drug-likeness (QED) is 0.882. The molecule has 2 rings (SSSR count). The molecule has 0 saturated carbocycles. The largest absolute Gasteiger partial charge is 0.338 e. The lowest BCUT2D eigenvalue weighted by Gasteiger charge is -2.09. The number of rotatable bonds is 2. The smallest absolute Gasteiger partial charge is 0.271 e. The lowest BCUT2D eigenvalue weighted by atomic mass is 10.3. The molecule has 1 aromatic heterocycles. The van der Waals surface area contributed by atoms with E-state index in [-0.39, 0.29) is 10.8 Å². The predicted octanol–water partition coefficient (Wildman–Crippen LogP) is 3.58. The molecule has 0 unspecified atom stereocenters. The Morgan fingerprint density at radius 2 is 2.12 bits per heavy atom. The van der Waals surface area contributed by atoms with Gasteiger partial charge in [-0.25, -0.2) is 4.98 Å². The van der Waals surface area contributed by atoms with E-state index in [2.05, 4.69) is 31.2 Å². The fraction of sp³-hybridized carbons (Fsp3) is 0. The monoisotopic (exact) mass is 333 g/mol. The van der Waals surface area contributed by atoms with Crippen molar-refractivity contribution in [1.82, 2.24) is 9.97 Å². The third-order valence-electron chi connectivity index (χ3n) is 2.00. The summed E-state index contributed by atoms with van der Waals surface area (Å²) in [5.41, 5.74) is 0.278. The molecule has 0 aliphatic rings. The van der Waals surface area contributed by atoms with Gasteiger partial charge in [0, 0.05) is 0 Å². The van der Waals surface area contributed by atoms with Crippen LogP contribution in [0.2, 0.25) is 10.0 Å². The van der Waals surface area contributed by atoms with Crippen LogP contribution in [0.5, 0.6) is 0 Å². The Kier molecular flexibility index (Phi) is 3.71. The zero-order valence-electron chi connectivity index (χ0n) is 8.30. The van der Waals surface area contributed by atoms with E-state index in [9.17, 15) is 4.79 Å². The highest BCUT2D eigenvalue weighted by Gasteiger charge is 2.09. The van der Waals surface area contributed by atoms with Crippen molar-refractivity contribution < 1.29 is 0 Å². The van der Waals surface area contributed by atoms with Crippen LogP contribution in [0.25, 0.3) is 0 Å². The molecule has 7 heteroatoms. The summed E-state index contributed by atoms with van der Waals surface area (Å²) in [5, 5.41) is 3.48. The van der Waals surface area contributed by atoms with Crippen LogP contribution in [0.15, 0.2) is 33.8 Å². The van der Waals surface area contributed by atoms with E-state index in [0.29, 0.717) is 15.2 Å². The Bertz CT molecular complexity index is 615. The SMILES string of the molecule is O=c1[nH]cnc(Nc2cccc(Cl)c2Br)c1Cl. The third kappa shape index (κ3) is 2.62. The average molecular weight is 335 g/mol. The van der Waals surface area contributed by atoms with Gasteiger partial charge in [-0.3, -0.25) is 4.79 Å². The summed E-state index contributed by atoms with van der Waals surface area (Å²) in [6, 6.07) is 5.30. The molecule has 0 aliphatic heterocycles.